The van der Waals surface area contributed by atoms with E-state index in [1.165, 1.54) is 0 Å². The first kappa shape index (κ1) is 13.2. The van der Waals surface area contributed by atoms with Gasteiger partial charge in [0.1, 0.15) is 11.6 Å². The zero-order valence-corrected chi connectivity index (χ0v) is 11.7. The molecule has 0 aliphatic heterocycles. The molecule has 0 bridgehead atoms. The molecule has 1 N–H and O–H groups in total. The molecule has 1 aromatic heterocycles. The molecule has 0 saturated heterocycles. The number of aryl methyl sites for hydroxylation is 1. The number of methoxy groups -OCH3 is 1. The molecule has 3 aromatic rings. The Balaban J connectivity index is 2.33. The van der Waals surface area contributed by atoms with Crippen molar-refractivity contribution in [3.05, 3.63) is 53.9 Å². The molecule has 21 heavy (non-hydrogen) atoms. The third kappa shape index (κ3) is 2.12. The van der Waals surface area contributed by atoms with Gasteiger partial charge < -0.3 is 9.84 Å². The molecule has 0 aliphatic carbocycles. The van der Waals surface area contributed by atoms with Gasteiger partial charge in [0.25, 0.3) is 0 Å². The molecule has 0 spiro atoms. The van der Waals surface area contributed by atoms with Crippen molar-refractivity contribution < 1.29 is 14.6 Å². The predicted molar refractivity (Wildman–Crippen MR) is 79.3 cm³/mol. The van der Waals surface area contributed by atoms with Gasteiger partial charge in [-0.25, -0.2) is 9.78 Å². The van der Waals surface area contributed by atoms with E-state index in [0.29, 0.717) is 5.75 Å². The number of carbonyl (C=O) groups is 1. The molecule has 0 saturated carbocycles. The van der Waals surface area contributed by atoms with Crippen molar-refractivity contribution in [2.75, 3.05) is 7.11 Å². The molecule has 2 aromatic carbocycles. The standard InChI is InChI=1S/C16H14N2O3/c1-10-17-12-8-7-11(16(19)20)9-14(12)18(10)13-5-3-4-6-15(13)21-2/h3-9H,1-2H3,(H,19,20). The molecule has 0 radical (unpaired) electrons. The minimum absolute atomic E-state index is 0.235. The van der Waals surface area contributed by atoms with Crippen LogP contribution in [0.25, 0.3) is 16.7 Å². The van der Waals surface area contributed by atoms with E-state index in [1.807, 2.05) is 35.8 Å². The van der Waals surface area contributed by atoms with Gasteiger partial charge in [-0.2, -0.15) is 0 Å². The number of rotatable bonds is 3. The fraction of sp³-hybridized carbons (Fsp3) is 0.125. The number of fused-ring (bicyclic) bond motifs is 1. The van der Waals surface area contributed by atoms with Crippen LogP contribution in [0.5, 0.6) is 5.75 Å². The lowest BCUT2D eigenvalue weighted by Crippen LogP contribution is -2.01. The lowest BCUT2D eigenvalue weighted by atomic mass is 10.2. The summed E-state index contributed by atoms with van der Waals surface area (Å²) in [6.07, 6.45) is 0. The van der Waals surface area contributed by atoms with Crippen LogP contribution in [0.15, 0.2) is 42.5 Å². The second-order valence-corrected chi connectivity index (χ2v) is 4.67. The highest BCUT2D eigenvalue weighted by Crippen LogP contribution is 2.28. The second kappa shape index (κ2) is 4.94. The summed E-state index contributed by atoms with van der Waals surface area (Å²) < 4.78 is 7.29. The van der Waals surface area contributed by atoms with Crippen molar-refractivity contribution in [2.45, 2.75) is 6.92 Å². The molecule has 5 nitrogen and oxygen atoms in total. The number of imidazole rings is 1. The summed E-state index contributed by atoms with van der Waals surface area (Å²) in [5.41, 5.74) is 2.57. The first-order chi connectivity index (χ1) is 10.1. The average Bonchev–Trinajstić information content (AvgIpc) is 2.81. The van der Waals surface area contributed by atoms with E-state index in [-0.39, 0.29) is 5.56 Å². The fourth-order valence-corrected chi connectivity index (χ4v) is 2.45. The van der Waals surface area contributed by atoms with Gasteiger partial charge >= 0.3 is 5.97 Å². The number of aromatic nitrogens is 2. The maximum atomic E-state index is 11.2. The van der Waals surface area contributed by atoms with Gasteiger partial charge in [-0.05, 0) is 37.3 Å². The van der Waals surface area contributed by atoms with Crippen molar-refractivity contribution in [1.29, 1.82) is 0 Å². The summed E-state index contributed by atoms with van der Waals surface area (Å²) in [5, 5.41) is 9.16. The lowest BCUT2D eigenvalue weighted by molar-refractivity contribution is 0.0697. The molecule has 5 heteroatoms. The van der Waals surface area contributed by atoms with Gasteiger partial charge in [-0.1, -0.05) is 12.1 Å². The summed E-state index contributed by atoms with van der Waals surface area (Å²) >= 11 is 0. The zero-order chi connectivity index (χ0) is 15.0. The highest BCUT2D eigenvalue weighted by atomic mass is 16.5. The van der Waals surface area contributed by atoms with E-state index in [4.69, 9.17) is 9.84 Å². The van der Waals surface area contributed by atoms with Crippen LogP contribution in [0.1, 0.15) is 16.2 Å². The maximum absolute atomic E-state index is 11.2. The van der Waals surface area contributed by atoms with Gasteiger partial charge in [-0.3, -0.25) is 4.57 Å². The first-order valence-electron chi connectivity index (χ1n) is 6.47. The Morgan fingerprint density at radius 2 is 2.00 bits per heavy atom. The smallest absolute Gasteiger partial charge is 0.335 e. The Labute approximate surface area is 121 Å². The molecule has 0 unspecified atom stereocenters. The molecular weight excluding hydrogens is 268 g/mol. The van der Waals surface area contributed by atoms with Crippen LogP contribution in [0.3, 0.4) is 0 Å². The minimum Gasteiger partial charge on any atom is -0.495 e. The van der Waals surface area contributed by atoms with E-state index in [2.05, 4.69) is 4.98 Å². The summed E-state index contributed by atoms with van der Waals surface area (Å²) in [5.74, 6) is 0.528. The van der Waals surface area contributed by atoms with E-state index < -0.39 is 5.97 Å². The van der Waals surface area contributed by atoms with Crippen molar-refractivity contribution in [1.82, 2.24) is 9.55 Å². The van der Waals surface area contributed by atoms with Gasteiger partial charge in [0, 0.05) is 0 Å². The Bertz CT molecular complexity index is 837. The Hall–Kier alpha value is -2.82. The molecular formula is C16H14N2O3. The molecule has 0 amide bonds. The summed E-state index contributed by atoms with van der Waals surface area (Å²) in [7, 11) is 1.61. The fourth-order valence-electron chi connectivity index (χ4n) is 2.45. The van der Waals surface area contributed by atoms with E-state index in [1.54, 1.807) is 25.3 Å². The topological polar surface area (TPSA) is 64.4 Å². The van der Waals surface area contributed by atoms with Crippen LogP contribution in [0, 0.1) is 6.92 Å². The number of para-hydroxylation sites is 2. The van der Waals surface area contributed by atoms with Gasteiger partial charge in [0.2, 0.25) is 0 Å². The number of benzene rings is 2. The number of carboxylic acid groups (broad SMARTS) is 1. The minimum atomic E-state index is -0.956. The number of nitrogens with zero attached hydrogens (tertiary/aromatic N) is 2. The van der Waals surface area contributed by atoms with Gasteiger partial charge in [0.15, 0.2) is 0 Å². The lowest BCUT2D eigenvalue weighted by Gasteiger charge is -2.11. The monoisotopic (exact) mass is 282 g/mol. The predicted octanol–water partition coefficient (Wildman–Crippen LogP) is 3.04. The Morgan fingerprint density at radius 1 is 1.24 bits per heavy atom. The third-order valence-corrected chi connectivity index (χ3v) is 3.40. The normalized spacial score (nSPS) is 10.8. The molecule has 0 aliphatic rings. The number of hydrogen-bond donors (Lipinski definition) is 1. The number of carboxylic acids is 1. The van der Waals surface area contributed by atoms with Crippen LogP contribution in [0.2, 0.25) is 0 Å². The largest absolute Gasteiger partial charge is 0.495 e. The van der Waals surface area contributed by atoms with Crippen LogP contribution in [-0.4, -0.2) is 27.7 Å². The first-order valence-corrected chi connectivity index (χ1v) is 6.47. The van der Waals surface area contributed by atoms with E-state index >= 15 is 0 Å². The number of aromatic carboxylic acids is 1. The Morgan fingerprint density at radius 3 is 2.71 bits per heavy atom. The molecule has 106 valence electrons. The quantitative estimate of drug-likeness (QED) is 0.802. The molecule has 0 atom stereocenters. The Kier molecular flexibility index (Phi) is 3.10. The molecule has 0 fully saturated rings. The van der Waals surface area contributed by atoms with Crippen LogP contribution >= 0.6 is 0 Å². The molecule has 3 rings (SSSR count). The van der Waals surface area contributed by atoms with E-state index in [0.717, 1.165) is 22.5 Å². The third-order valence-electron chi connectivity index (χ3n) is 3.40. The molecule has 1 heterocycles. The van der Waals surface area contributed by atoms with Crippen LogP contribution in [-0.2, 0) is 0 Å². The van der Waals surface area contributed by atoms with Gasteiger partial charge in [-0.15, -0.1) is 0 Å². The average molecular weight is 282 g/mol. The van der Waals surface area contributed by atoms with Crippen molar-refractivity contribution in [3.63, 3.8) is 0 Å². The van der Waals surface area contributed by atoms with Crippen molar-refractivity contribution in [2.24, 2.45) is 0 Å². The van der Waals surface area contributed by atoms with Crippen LogP contribution in [0.4, 0.5) is 0 Å². The van der Waals surface area contributed by atoms with E-state index in [9.17, 15) is 4.79 Å². The highest BCUT2D eigenvalue weighted by Gasteiger charge is 2.14. The number of ether oxygens (including phenoxy) is 1. The zero-order valence-electron chi connectivity index (χ0n) is 11.7. The second-order valence-electron chi connectivity index (χ2n) is 4.67. The van der Waals surface area contributed by atoms with Crippen molar-refractivity contribution in [3.8, 4) is 11.4 Å². The maximum Gasteiger partial charge on any atom is 0.335 e. The summed E-state index contributed by atoms with van der Waals surface area (Å²) in [4.78, 5) is 15.6. The number of hydrogen-bond acceptors (Lipinski definition) is 3. The van der Waals surface area contributed by atoms with Crippen LogP contribution < -0.4 is 4.74 Å². The highest BCUT2D eigenvalue weighted by molar-refractivity contribution is 5.93. The van der Waals surface area contributed by atoms with Gasteiger partial charge in [0.05, 0.1) is 29.4 Å². The summed E-state index contributed by atoms with van der Waals surface area (Å²) in [6, 6.07) is 12.5. The SMILES string of the molecule is COc1ccccc1-n1c(C)nc2ccc(C(=O)O)cc21. The van der Waals surface area contributed by atoms with Crippen molar-refractivity contribution >= 4 is 17.0 Å². The summed E-state index contributed by atoms with van der Waals surface area (Å²) in [6.45, 7) is 1.88.